The van der Waals surface area contributed by atoms with Crippen molar-refractivity contribution >= 4 is 6.08 Å². The fourth-order valence-electron chi connectivity index (χ4n) is 1.43. The van der Waals surface area contributed by atoms with Gasteiger partial charge in [-0.1, -0.05) is 25.1 Å². The van der Waals surface area contributed by atoms with Crippen molar-refractivity contribution < 1.29 is 9.47 Å². The molecule has 94 valence electrons. The Hall–Kier alpha value is -1.48. The normalized spacial score (nSPS) is 10.8. The van der Waals surface area contributed by atoms with Crippen molar-refractivity contribution in [1.82, 2.24) is 5.32 Å². The number of hydrogen-bond acceptors (Lipinski definition) is 3. The second-order valence-electron chi connectivity index (χ2n) is 3.72. The lowest BCUT2D eigenvalue weighted by Crippen LogP contribution is -2.03. The van der Waals surface area contributed by atoms with E-state index in [2.05, 4.69) is 24.4 Å². The number of rotatable bonds is 7. The number of benzene rings is 1. The molecule has 0 fully saturated rings. The summed E-state index contributed by atoms with van der Waals surface area (Å²) in [5, 5.41) is 3.07. The van der Waals surface area contributed by atoms with Gasteiger partial charge in [-0.2, -0.15) is 0 Å². The molecule has 17 heavy (non-hydrogen) atoms. The predicted molar refractivity (Wildman–Crippen MR) is 71.7 cm³/mol. The highest BCUT2D eigenvalue weighted by atomic mass is 16.5. The van der Waals surface area contributed by atoms with E-state index in [1.807, 2.05) is 25.2 Å². The molecule has 0 aliphatic rings. The second kappa shape index (κ2) is 7.74. The summed E-state index contributed by atoms with van der Waals surface area (Å²) in [5.74, 6) is 1.59. The molecular formula is C14H21NO2. The molecule has 3 nitrogen and oxygen atoms in total. The van der Waals surface area contributed by atoms with E-state index in [-0.39, 0.29) is 0 Å². The van der Waals surface area contributed by atoms with Gasteiger partial charge in [0, 0.05) is 6.54 Å². The molecule has 0 amide bonds. The molecule has 1 aromatic rings. The molecule has 0 radical (unpaired) electrons. The van der Waals surface area contributed by atoms with E-state index >= 15 is 0 Å². The van der Waals surface area contributed by atoms with Crippen LogP contribution < -0.4 is 14.8 Å². The molecule has 0 spiro atoms. The van der Waals surface area contributed by atoms with Crippen molar-refractivity contribution in [2.24, 2.45) is 0 Å². The molecule has 1 aromatic carbocycles. The highest BCUT2D eigenvalue weighted by Crippen LogP contribution is 2.28. The Morgan fingerprint density at radius 2 is 2.12 bits per heavy atom. The van der Waals surface area contributed by atoms with Gasteiger partial charge >= 0.3 is 0 Å². The van der Waals surface area contributed by atoms with Gasteiger partial charge in [0.2, 0.25) is 0 Å². The van der Waals surface area contributed by atoms with Gasteiger partial charge in [-0.15, -0.1) is 0 Å². The Kier molecular flexibility index (Phi) is 6.18. The van der Waals surface area contributed by atoms with Crippen molar-refractivity contribution in [2.45, 2.75) is 13.3 Å². The van der Waals surface area contributed by atoms with E-state index in [0.29, 0.717) is 6.61 Å². The molecule has 0 heterocycles. The summed E-state index contributed by atoms with van der Waals surface area (Å²) in [6.07, 6.45) is 5.13. The molecule has 0 aromatic heterocycles. The lowest BCUT2D eigenvalue weighted by atomic mass is 10.2. The third kappa shape index (κ3) is 4.49. The third-order valence-electron chi connectivity index (χ3n) is 2.28. The molecule has 0 aliphatic heterocycles. The Labute approximate surface area is 103 Å². The molecule has 0 atom stereocenters. The Morgan fingerprint density at radius 1 is 1.29 bits per heavy atom. The standard InChI is InChI=1S/C14H21NO2/c1-4-10-17-14-11-12(6-5-9-15-2)7-8-13(14)16-3/h5-8,11,15H,4,9-10H2,1-3H3. The summed E-state index contributed by atoms with van der Waals surface area (Å²) < 4.78 is 10.9. The minimum atomic E-state index is 0.708. The molecule has 3 heteroatoms. The first-order valence-corrected chi connectivity index (χ1v) is 5.93. The van der Waals surface area contributed by atoms with Crippen LogP contribution in [-0.4, -0.2) is 27.3 Å². The van der Waals surface area contributed by atoms with Crippen LogP contribution in [0.5, 0.6) is 11.5 Å². The summed E-state index contributed by atoms with van der Waals surface area (Å²) >= 11 is 0. The minimum absolute atomic E-state index is 0.708. The number of ether oxygens (including phenoxy) is 2. The molecule has 1 N–H and O–H groups in total. The summed E-state index contributed by atoms with van der Waals surface area (Å²) in [6.45, 7) is 3.65. The highest BCUT2D eigenvalue weighted by Gasteiger charge is 2.03. The Balaban J connectivity index is 2.80. The summed E-state index contributed by atoms with van der Waals surface area (Å²) in [6, 6.07) is 5.95. The summed E-state index contributed by atoms with van der Waals surface area (Å²) in [4.78, 5) is 0. The average Bonchev–Trinajstić information content (AvgIpc) is 2.37. The van der Waals surface area contributed by atoms with Crippen LogP contribution in [0.2, 0.25) is 0 Å². The summed E-state index contributed by atoms with van der Waals surface area (Å²) in [5.41, 5.74) is 1.12. The first-order chi connectivity index (χ1) is 8.31. The molecule has 0 saturated carbocycles. The largest absolute Gasteiger partial charge is 0.493 e. The van der Waals surface area contributed by atoms with E-state index in [9.17, 15) is 0 Å². The first kappa shape index (κ1) is 13.6. The predicted octanol–water partition coefficient (Wildman–Crippen LogP) is 2.72. The van der Waals surface area contributed by atoms with Gasteiger partial charge in [0.15, 0.2) is 11.5 Å². The van der Waals surface area contributed by atoms with E-state index in [0.717, 1.165) is 30.0 Å². The fraction of sp³-hybridized carbons (Fsp3) is 0.429. The van der Waals surface area contributed by atoms with Crippen LogP contribution in [0, 0.1) is 0 Å². The minimum Gasteiger partial charge on any atom is -0.493 e. The van der Waals surface area contributed by atoms with Crippen LogP contribution in [0.15, 0.2) is 24.3 Å². The number of nitrogens with one attached hydrogen (secondary N) is 1. The maximum absolute atomic E-state index is 5.65. The van der Waals surface area contributed by atoms with Crippen molar-refractivity contribution in [1.29, 1.82) is 0 Å². The smallest absolute Gasteiger partial charge is 0.161 e. The summed E-state index contributed by atoms with van der Waals surface area (Å²) in [7, 11) is 3.58. The van der Waals surface area contributed by atoms with Crippen LogP contribution in [0.4, 0.5) is 0 Å². The van der Waals surface area contributed by atoms with Gasteiger partial charge < -0.3 is 14.8 Å². The van der Waals surface area contributed by atoms with Crippen molar-refractivity contribution in [2.75, 3.05) is 27.3 Å². The van der Waals surface area contributed by atoms with Crippen LogP contribution in [0.1, 0.15) is 18.9 Å². The average molecular weight is 235 g/mol. The van der Waals surface area contributed by atoms with E-state index in [1.165, 1.54) is 0 Å². The monoisotopic (exact) mass is 235 g/mol. The molecule has 0 aliphatic carbocycles. The maximum atomic E-state index is 5.65. The third-order valence-corrected chi connectivity index (χ3v) is 2.28. The lowest BCUT2D eigenvalue weighted by Gasteiger charge is -2.10. The van der Waals surface area contributed by atoms with Crippen LogP contribution in [0.3, 0.4) is 0 Å². The van der Waals surface area contributed by atoms with Crippen molar-refractivity contribution in [3.8, 4) is 11.5 Å². The van der Waals surface area contributed by atoms with Gasteiger partial charge in [0.25, 0.3) is 0 Å². The number of likely N-dealkylation sites (N-methyl/N-ethyl adjacent to an activating group) is 1. The molecule has 1 rings (SSSR count). The van der Waals surface area contributed by atoms with Gasteiger partial charge in [-0.3, -0.25) is 0 Å². The zero-order valence-electron chi connectivity index (χ0n) is 10.8. The van der Waals surface area contributed by atoms with Crippen molar-refractivity contribution in [3.05, 3.63) is 29.8 Å². The fourth-order valence-corrected chi connectivity index (χ4v) is 1.43. The van der Waals surface area contributed by atoms with Crippen molar-refractivity contribution in [3.63, 3.8) is 0 Å². The molecule has 0 unspecified atom stereocenters. The van der Waals surface area contributed by atoms with Gasteiger partial charge in [-0.25, -0.2) is 0 Å². The second-order valence-corrected chi connectivity index (χ2v) is 3.72. The van der Waals surface area contributed by atoms with E-state index in [1.54, 1.807) is 7.11 Å². The van der Waals surface area contributed by atoms with Crippen LogP contribution >= 0.6 is 0 Å². The molecule has 0 saturated heterocycles. The van der Waals surface area contributed by atoms with Gasteiger partial charge in [0.1, 0.15) is 0 Å². The van der Waals surface area contributed by atoms with E-state index in [4.69, 9.17) is 9.47 Å². The van der Waals surface area contributed by atoms with Gasteiger partial charge in [0.05, 0.1) is 13.7 Å². The van der Waals surface area contributed by atoms with Crippen LogP contribution in [0.25, 0.3) is 6.08 Å². The lowest BCUT2D eigenvalue weighted by molar-refractivity contribution is 0.294. The zero-order valence-corrected chi connectivity index (χ0v) is 10.8. The first-order valence-electron chi connectivity index (χ1n) is 5.93. The van der Waals surface area contributed by atoms with E-state index < -0.39 is 0 Å². The van der Waals surface area contributed by atoms with Gasteiger partial charge in [-0.05, 0) is 31.2 Å². The number of methoxy groups -OCH3 is 1. The highest BCUT2D eigenvalue weighted by molar-refractivity contribution is 5.56. The zero-order chi connectivity index (χ0) is 12.5. The molecular weight excluding hydrogens is 214 g/mol. The maximum Gasteiger partial charge on any atom is 0.161 e. The molecule has 0 bridgehead atoms. The number of hydrogen-bond donors (Lipinski definition) is 1. The topological polar surface area (TPSA) is 30.5 Å². The SMILES string of the molecule is CCCOc1cc(C=CCNC)ccc1OC. The van der Waals surface area contributed by atoms with Crippen LogP contribution in [-0.2, 0) is 0 Å². The quantitative estimate of drug-likeness (QED) is 0.788. The Bertz CT molecular complexity index is 361. The Morgan fingerprint density at radius 3 is 2.76 bits per heavy atom.